The summed E-state index contributed by atoms with van der Waals surface area (Å²) in [7, 11) is 1.93. The Labute approximate surface area is 94.6 Å². The SMILES string of the molecule is CCNCc1cnc(-c2nccn2C)nc1. The van der Waals surface area contributed by atoms with Gasteiger partial charge in [-0.15, -0.1) is 0 Å². The van der Waals surface area contributed by atoms with Gasteiger partial charge in [-0.3, -0.25) is 0 Å². The minimum absolute atomic E-state index is 0.660. The van der Waals surface area contributed by atoms with Gasteiger partial charge in [0, 0.05) is 43.9 Å². The molecule has 84 valence electrons. The second-order valence-corrected chi connectivity index (χ2v) is 3.56. The van der Waals surface area contributed by atoms with Crippen molar-refractivity contribution >= 4 is 0 Å². The number of aromatic nitrogens is 4. The predicted octanol–water partition coefficient (Wildman–Crippen LogP) is 0.987. The number of hydrogen-bond donors (Lipinski definition) is 1. The Kier molecular flexibility index (Phi) is 3.26. The van der Waals surface area contributed by atoms with Gasteiger partial charge in [0.15, 0.2) is 11.6 Å². The molecule has 0 aliphatic heterocycles. The minimum Gasteiger partial charge on any atom is -0.331 e. The van der Waals surface area contributed by atoms with Crippen LogP contribution in [0.25, 0.3) is 11.6 Å². The first-order valence-electron chi connectivity index (χ1n) is 5.30. The number of rotatable bonds is 4. The van der Waals surface area contributed by atoms with Gasteiger partial charge in [-0.05, 0) is 6.54 Å². The number of nitrogens with zero attached hydrogens (tertiary/aromatic N) is 4. The maximum absolute atomic E-state index is 4.30. The van der Waals surface area contributed by atoms with Crippen molar-refractivity contribution in [2.24, 2.45) is 7.05 Å². The third kappa shape index (κ3) is 2.25. The van der Waals surface area contributed by atoms with E-state index in [4.69, 9.17) is 0 Å². The van der Waals surface area contributed by atoms with E-state index in [2.05, 4.69) is 27.2 Å². The van der Waals surface area contributed by atoms with Crippen LogP contribution in [0.1, 0.15) is 12.5 Å². The summed E-state index contributed by atoms with van der Waals surface area (Å²) in [4.78, 5) is 12.8. The lowest BCUT2D eigenvalue weighted by Crippen LogP contribution is -2.12. The van der Waals surface area contributed by atoms with Crippen LogP contribution in [0.2, 0.25) is 0 Å². The van der Waals surface area contributed by atoms with Crippen LogP contribution in [-0.2, 0) is 13.6 Å². The fourth-order valence-corrected chi connectivity index (χ4v) is 1.41. The molecule has 0 fully saturated rings. The van der Waals surface area contributed by atoms with Crippen LogP contribution in [0.4, 0.5) is 0 Å². The van der Waals surface area contributed by atoms with E-state index in [-0.39, 0.29) is 0 Å². The van der Waals surface area contributed by atoms with Crippen molar-refractivity contribution in [2.75, 3.05) is 6.54 Å². The maximum Gasteiger partial charge on any atom is 0.195 e. The van der Waals surface area contributed by atoms with E-state index < -0.39 is 0 Å². The zero-order valence-corrected chi connectivity index (χ0v) is 9.51. The molecule has 0 unspecified atom stereocenters. The number of nitrogens with one attached hydrogen (secondary N) is 1. The van der Waals surface area contributed by atoms with E-state index in [0.717, 1.165) is 24.5 Å². The zero-order chi connectivity index (χ0) is 11.4. The Bertz CT molecular complexity index is 446. The molecule has 2 rings (SSSR count). The van der Waals surface area contributed by atoms with Gasteiger partial charge in [0.1, 0.15) is 0 Å². The van der Waals surface area contributed by atoms with Crippen LogP contribution in [0, 0.1) is 0 Å². The molecular formula is C11H15N5. The highest BCUT2D eigenvalue weighted by Gasteiger charge is 2.05. The van der Waals surface area contributed by atoms with E-state index in [0.29, 0.717) is 5.82 Å². The highest BCUT2D eigenvalue weighted by molar-refractivity contribution is 5.43. The summed E-state index contributed by atoms with van der Waals surface area (Å²) in [5.74, 6) is 1.45. The summed E-state index contributed by atoms with van der Waals surface area (Å²) < 4.78 is 1.90. The smallest absolute Gasteiger partial charge is 0.195 e. The summed E-state index contributed by atoms with van der Waals surface area (Å²) in [6, 6.07) is 0. The van der Waals surface area contributed by atoms with Crippen LogP contribution in [-0.4, -0.2) is 26.1 Å². The first kappa shape index (κ1) is 10.8. The molecule has 0 aliphatic rings. The molecule has 0 aromatic carbocycles. The van der Waals surface area contributed by atoms with E-state index in [1.54, 1.807) is 6.20 Å². The molecular weight excluding hydrogens is 202 g/mol. The van der Waals surface area contributed by atoms with Crippen LogP contribution in [0.5, 0.6) is 0 Å². The Balaban J connectivity index is 2.16. The molecule has 5 nitrogen and oxygen atoms in total. The van der Waals surface area contributed by atoms with Crippen molar-refractivity contribution in [3.05, 3.63) is 30.4 Å². The van der Waals surface area contributed by atoms with Gasteiger partial charge in [-0.2, -0.15) is 0 Å². The Morgan fingerprint density at radius 1 is 1.25 bits per heavy atom. The van der Waals surface area contributed by atoms with Gasteiger partial charge in [0.05, 0.1) is 0 Å². The molecule has 5 heteroatoms. The van der Waals surface area contributed by atoms with Crippen molar-refractivity contribution in [3.8, 4) is 11.6 Å². The second kappa shape index (κ2) is 4.85. The molecule has 2 aromatic heterocycles. The van der Waals surface area contributed by atoms with E-state index >= 15 is 0 Å². The normalized spacial score (nSPS) is 10.6. The lowest BCUT2D eigenvalue weighted by atomic mass is 10.3. The summed E-state index contributed by atoms with van der Waals surface area (Å²) in [6.07, 6.45) is 7.29. The first-order valence-corrected chi connectivity index (χ1v) is 5.30. The van der Waals surface area contributed by atoms with Gasteiger partial charge in [-0.25, -0.2) is 15.0 Å². The molecule has 1 N–H and O–H groups in total. The number of aryl methyl sites for hydroxylation is 1. The molecule has 2 aromatic rings. The third-order valence-corrected chi connectivity index (χ3v) is 2.31. The lowest BCUT2D eigenvalue weighted by molar-refractivity contribution is 0.721. The fourth-order valence-electron chi connectivity index (χ4n) is 1.41. The number of imidazole rings is 1. The highest BCUT2D eigenvalue weighted by atomic mass is 15.1. The van der Waals surface area contributed by atoms with Crippen molar-refractivity contribution in [1.29, 1.82) is 0 Å². The summed E-state index contributed by atoms with van der Waals surface area (Å²) >= 11 is 0. The molecule has 0 spiro atoms. The van der Waals surface area contributed by atoms with Crippen molar-refractivity contribution in [2.45, 2.75) is 13.5 Å². The summed E-state index contributed by atoms with van der Waals surface area (Å²) in [6.45, 7) is 3.82. The second-order valence-electron chi connectivity index (χ2n) is 3.56. The third-order valence-electron chi connectivity index (χ3n) is 2.31. The molecule has 0 aliphatic carbocycles. The molecule has 0 bridgehead atoms. The first-order chi connectivity index (χ1) is 7.81. The van der Waals surface area contributed by atoms with E-state index in [1.807, 2.05) is 30.2 Å². The van der Waals surface area contributed by atoms with Crippen molar-refractivity contribution in [3.63, 3.8) is 0 Å². The fraction of sp³-hybridized carbons (Fsp3) is 0.364. The summed E-state index contributed by atoms with van der Waals surface area (Å²) in [5.41, 5.74) is 1.08. The summed E-state index contributed by atoms with van der Waals surface area (Å²) in [5, 5.41) is 3.23. The Morgan fingerprint density at radius 3 is 2.56 bits per heavy atom. The largest absolute Gasteiger partial charge is 0.331 e. The quantitative estimate of drug-likeness (QED) is 0.829. The van der Waals surface area contributed by atoms with Crippen LogP contribution >= 0.6 is 0 Å². The van der Waals surface area contributed by atoms with Crippen LogP contribution in [0.15, 0.2) is 24.8 Å². The maximum atomic E-state index is 4.30. The molecule has 0 amide bonds. The average molecular weight is 217 g/mol. The predicted molar refractivity (Wildman–Crippen MR) is 61.6 cm³/mol. The van der Waals surface area contributed by atoms with Gasteiger partial charge in [0.25, 0.3) is 0 Å². The van der Waals surface area contributed by atoms with E-state index in [1.165, 1.54) is 0 Å². The van der Waals surface area contributed by atoms with Gasteiger partial charge < -0.3 is 9.88 Å². The highest BCUT2D eigenvalue weighted by Crippen LogP contribution is 2.10. The monoisotopic (exact) mass is 217 g/mol. The van der Waals surface area contributed by atoms with Crippen molar-refractivity contribution < 1.29 is 0 Å². The average Bonchev–Trinajstić information content (AvgIpc) is 2.74. The van der Waals surface area contributed by atoms with Gasteiger partial charge in [0.2, 0.25) is 0 Å². The van der Waals surface area contributed by atoms with Gasteiger partial charge >= 0.3 is 0 Å². The number of hydrogen-bond acceptors (Lipinski definition) is 4. The zero-order valence-electron chi connectivity index (χ0n) is 9.51. The standard InChI is InChI=1S/C11H15N5/c1-3-12-6-9-7-14-10(15-8-9)11-13-4-5-16(11)2/h4-5,7-8,12H,3,6H2,1-2H3. The van der Waals surface area contributed by atoms with Crippen LogP contribution in [0.3, 0.4) is 0 Å². The molecule has 2 heterocycles. The Morgan fingerprint density at radius 2 is 2.00 bits per heavy atom. The molecule has 0 atom stereocenters. The molecule has 16 heavy (non-hydrogen) atoms. The molecule has 0 radical (unpaired) electrons. The van der Waals surface area contributed by atoms with E-state index in [9.17, 15) is 0 Å². The van der Waals surface area contributed by atoms with Gasteiger partial charge in [-0.1, -0.05) is 6.92 Å². The molecule has 0 saturated heterocycles. The Hall–Kier alpha value is -1.75. The van der Waals surface area contributed by atoms with Crippen LogP contribution < -0.4 is 5.32 Å². The minimum atomic E-state index is 0.660. The topological polar surface area (TPSA) is 55.6 Å². The molecule has 0 saturated carbocycles. The lowest BCUT2D eigenvalue weighted by Gasteiger charge is -2.03. The van der Waals surface area contributed by atoms with Crippen molar-refractivity contribution in [1.82, 2.24) is 24.8 Å².